The highest BCUT2D eigenvalue weighted by atomic mass is 15.5. The Morgan fingerprint density at radius 2 is 2.33 bits per heavy atom. The van der Waals surface area contributed by atoms with Crippen molar-refractivity contribution in [3.05, 3.63) is 24.6 Å². The van der Waals surface area contributed by atoms with E-state index in [-0.39, 0.29) is 0 Å². The van der Waals surface area contributed by atoms with Crippen molar-refractivity contribution in [2.75, 3.05) is 0 Å². The number of nitrogens with one attached hydrogen (secondary N) is 1. The molecule has 0 saturated heterocycles. The van der Waals surface area contributed by atoms with Crippen LogP contribution in [0.4, 0.5) is 0 Å². The maximum Gasteiger partial charge on any atom is 0.0518 e. The molecule has 0 fully saturated rings. The Morgan fingerprint density at radius 1 is 1.67 bits per heavy atom. The highest BCUT2D eigenvalue weighted by Crippen LogP contribution is 2.09. The van der Waals surface area contributed by atoms with Gasteiger partial charge in [0.1, 0.15) is 0 Å². The largest absolute Gasteiger partial charge is 0.305 e. The number of nitrogens with zero attached hydrogens (tertiary/aromatic N) is 1. The first-order valence-corrected chi connectivity index (χ1v) is 3.12. The van der Waals surface area contributed by atoms with E-state index in [1.165, 1.54) is 0 Å². The van der Waals surface area contributed by atoms with Crippen molar-refractivity contribution < 1.29 is 0 Å². The number of hydrogen-bond acceptors (Lipinski definition) is 2. The van der Waals surface area contributed by atoms with Crippen molar-refractivity contribution in [3.63, 3.8) is 0 Å². The van der Waals surface area contributed by atoms with Gasteiger partial charge in [0.25, 0.3) is 0 Å². The van der Waals surface area contributed by atoms with Crippen LogP contribution in [-0.4, -0.2) is 11.1 Å². The van der Waals surface area contributed by atoms with Crippen molar-refractivity contribution in [1.29, 1.82) is 0 Å². The van der Waals surface area contributed by atoms with Crippen LogP contribution in [0.1, 0.15) is 13.8 Å². The average Bonchev–Trinajstić information content (AvgIpc) is 2.13. The van der Waals surface area contributed by atoms with E-state index in [4.69, 9.17) is 0 Å². The predicted octanol–water partition coefficient (Wildman–Crippen LogP) is 1.24. The molecule has 2 nitrogen and oxygen atoms in total. The van der Waals surface area contributed by atoms with Gasteiger partial charge in [0.2, 0.25) is 0 Å². The van der Waals surface area contributed by atoms with Gasteiger partial charge in [-0.05, 0) is 19.9 Å². The van der Waals surface area contributed by atoms with Crippen molar-refractivity contribution in [1.82, 2.24) is 10.4 Å². The van der Waals surface area contributed by atoms with Crippen LogP contribution in [0.25, 0.3) is 0 Å². The second-order valence-electron chi connectivity index (χ2n) is 2.42. The molecular weight excluding hydrogens is 112 g/mol. The summed E-state index contributed by atoms with van der Waals surface area (Å²) in [4.78, 5) is 0. The molecule has 0 aromatic rings. The molecule has 1 aliphatic rings. The van der Waals surface area contributed by atoms with Gasteiger partial charge in [-0.25, -0.2) is 0 Å². The minimum atomic E-state index is 0.479. The zero-order valence-corrected chi connectivity index (χ0v) is 5.89. The van der Waals surface area contributed by atoms with Gasteiger partial charge in [0.05, 0.1) is 5.70 Å². The number of allylic oxidation sites excluding steroid dienone is 1. The van der Waals surface area contributed by atoms with Crippen molar-refractivity contribution in [2.24, 2.45) is 0 Å². The van der Waals surface area contributed by atoms with Gasteiger partial charge in [-0.15, -0.1) is 0 Å². The van der Waals surface area contributed by atoms with E-state index in [2.05, 4.69) is 25.9 Å². The highest BCUT2D eigenvalue weighted by Gasteiger charge is 2.10. The minimum Gasteiger partial charge on any atom is -0.305 e. The van der Waals surface area contributed by atoms with Crippen LogP contribution < -0.4 is 5.43 Å². The van der Waals surface area contributed by atoms with Crippen molar-refractivity contribution in [2.45, 2.75) is 19.9 Å². The Morgan fingerprint density at radius 3 is 2.56 bits per heavy atom. The van der Waals surface area contributed by atoms with Crippen molar-refractivity contribution in [3.8, 4) is 0 Å². The Balaban J connectivity index is 2.56. The van der Waals surface area contributed by atoms with Gasteiger partial charge in [-0.2, -0.15) is 0 Å². The van der Waals surface area contributed by atoms with Gasteiger partial charge >= 0.3 is 0 Å². The van der Waals surface area contributed by atoms with Gasteiger partial charge in [0.15, 0.2) is 0 Å². The third-order valence-corrected chi connectivity index (χ3v) is 1.32. The zero-order valence-electron chi connectivity index (χ0n) is 5.89. The van der Waals surface area contributed by atoms with Gasteiger partial charge in [-0.1, -0.05) is 6.58 Å². The fourth-order valence-corrected chi connectivity index (χ4v) is 0.858. The zero-order chi connectivity index (χ0) is 6.85. The molecule has 1 rings (SSSR count). The van der Waals surface area contributed by atoms with E-state index in [1.54, 1.807) is 0 Å². The highest BCUT2D eigenvalue weighted by molar-refractivity contribution is 5.17. The third kappa shape index (κ3) is 1.07. The lowest BCUT2D eigenvalue weighted by Gasteiger charge is -2.23. The number of hydrogen-bond donors (Lipinski definition) is 1. The van der Waals surface area contributed by atoms with E-state index >= 15 is 0 Å². The summed E-state index contributed by atoms with van der Waals surface area (Å²) in [6.07, 6.45) is 3.85. The van der Waals surface area contributed by atoms with Crippen LogP contribution in [0.3, 0.4) is 0 Å². The molecule has 0 spiro atoms. The molecule has 1 N–H and O–H groups in total. The first-order chi connectivity index (χ1) is 4.22. The Kier molecular flexibility index (Phi) is 1.47. The van der Waals surface area contributed by atoms with E-state index in [0.717, 1.165) is 5.70 Å². The summed E-state index contributed by atoms with van der Waals surface area (Å²) in [7, 11) is 0. The summed E-state index contributed by atoms with van der Waals surface area (Å²) >= 11 is 0. The summed E-state index contributed by atoms with van der Waals surface area (Å²) in [5.41, 5.74) is 4.09. The molecule has 0 aromatic carbocycles. The van der Waals surface area contributed by atoms with E-state index in [1.807, 2.05) is 17.3 Å². The molecule has 9 heavy (non-hydrogen) atoms. The third-order valence-electron chi connectivity index (χ3n) is 1.32. The molecule has 0 bridgehead atoms. The van der Waals surface area contributed by atoms with E-state index in [9.17, 15) is 0 Å². The molecule has 0 radical (unpaired) electrons. The van der Waals surface area contributed by atoms with Crippen LogP contribution in [0.15, 0.2) is 24.6 Å². The average molecular weight is 124 g/mol. The van der Waals surface area contributed by atoms with Crippen LogP contribution in [0.2, 0.25) is 0 Å². The lowest BCUT2D eigenvalue weighted by atomic mass is 10.3. The normalized spacial score (nSPS) is 17.2. The lowest BCUT2D eigenvalue weighted by Crippen LogP contribution is -2.34. The summed E-state index contributed by atoms with van der Waals surface area (Å²) in [5, 5.41) is 2.01. The summed E-state index contributed by atoms with van der Waals surface area (Å²) < 4.78 is 0. The van der Waals surface area contributed by atoms with Gasteiger partial charge < -0.3 is 5.43 Å². The first kappa shape index (κ1) is 6.20. The minimum absolute atomic E-state index is 0.479. The maximum absolute atomic E-state index is 3.83. The molecule has 2 heteroatoms. The molecule has 0 unspecified atom stereocenters. The fraction of sp³-hybridized carbons (Fsp3) is 0.429. The number of hydrazine groups is 1. The summed E-state index contributed by atoms with van der Waals surface area (Å²) in [6.45, 7) is 8.07. The van der Waals surface area contributed by atoms with Crippen LogP contribution >= 0.6 is 0 Å². The Bertz CT molecular complexity index is 147. The monoisotopic (exact) mass is 124 g/mol. The molecule has 0 amide bonds. The molecular formula is C7H12N2. The molecule has 0 atom stereocenters. The molecule has 0 aromatic heterocycles. The molecule has 1 heterocycles. The molecule has 0 saturated carbocycles. The maximum atomic E-state index is 3.83. The lowest BCUT2D eigenvalue weighted by molar-refractivity contribution is 0.255. The summed E-state index contributed by atoms with van der Waals surface area (Å²) in [6, 6.07) is 0.479. The van der Waals surface area contributed by atoms with Gasteiger partial charge in [0, 0.05) is 12.2 Å². The smallest absolute Gasteiger partial charge is 0.0518 e. The molecule has 1 aliphatic heterocycles. The van der Waals surface area contributed by atoms with Crippen LogP contribution in [0.5, 0.6) is 0 Å². The van der Waals surface area contributed by atoms with Crippen molar-refractivity contribution >= 4 is 0 Å². The number of rotatable bonds is 1. The Hall–Kier alpha value is -0.920. The van der Waals surface area contributed by atoms with Crippen LogP contribution in [-0.2, 0) is 0 Å². The molecule has 0 aliphatic carbocycles. The quantitative estimate of drug-likeness (QED) is 0.565. The van der Waals surface area contributed by atoms with Crippen LogP contribution in [0, 0.1) is 0 Å². The van der Waals surface area contributed by atoms with E-state index in [0.29, 0.717) is 6.04 Å². The topological polar surface area (TPSA) is 15.3 Å². The second-order valence-corrected chi connectivity index (χ2v) is 2.42. The predicted molar refractivity (Wildman–Crippen MR) is 38.4 cm³/mol. The standard InChI is InChI=1S/C7H12N2/c1-6(2)9-7(3)4-5-8-9/h4-6,8H,3H2,1-2H3. The molecule has 50 valence electrons. The van der Waals surface area contributed by atoms with Gasteiger partial charge in [-0.3, -0.25) is 5.01 Å². The second kappa shape index (κ2) is 2.13. The Labute approximate surface area is 55.8 Å². The van der Waals surface area contributed by atoms with E-state index < -0.39 is 0 Å². The fourth-order valence-electron chi connectivity index (χ4n) is 0.858. The SMILES string of the molecule is C=C1C=CNN1C(C)C. The first-order valence-electron chi connectivity index (χ1n) is 3.12. The summed E-state index contributed by atoms with van der Waals surface area (Å²) in [5.74, 6) is 0.